The predicted octanol–water partition coefficient (Wildman–Crippen LogP) is 1.75. The molecule has 1 aliphatic carbocycles. The van der Waals surface area contributed by atoms with Gasteiger partial charge in [-0.2, -0.15) is 0 Å². The third-order valence-corrected chi connectivity index (χ3v) is 5.19. The maximum absolute atomic E-state index is 12.2. The molecule has 0 saturated heterocycles. The first-order chi connectivity index (χ1) is 10.1. The average Bonchev–Trinajstić information content (AvgIpc) is 3.21. The van der Waals surface area contributed by atoms with Crippen LogP contribution in [0.3, 0.4) is 0 Å². The van der Waals surface area contributed by atoms with Gasteiger partial charge in [-0.25, -0.2) is 13.1 Å². The minimum atomic E-state index is -3.40. The third kappa shape index (κ3) is 4.69. The standard InChI is InChI=1S/C15H24N2O3S/c1-3-12-11-15(12)17-21(18,19)14-7-5-13(6-8-14)20-10-9-16-4-2/h5-8,12,15-17H,3-4,9-11H2,1-2H3. The van der Waals surface area contributed by atoms with E-state index in [4.69, 9.17) is 4.74 Å². The smallest absolute Gasteiger partial charge is 0.240 e. The summed E-state index contributed by atoms with van der Waals surface area (Å²) in [5, 5.41) is 3.16. The van der Waals surface area contributed by atoms with Crippen molar-refractivity contribution in [3.63, 3.8) is 0 Å². The van der Waals surface area contributed by atoms with Crippen LogP contribution in [0, 0.1) is 5.92 Å². The molecule has 21 heavy (non-hydrogen) atoms. The van der Waals surface area contributed by atoms with Crippen LogP contribution in [0.25, 0.3) is 0 Å². The van der Waals surface area contributed by atoms with Crippen molar-refractivity contribution in [2.24, 2.45) is 5.92 Å². The Morgan fingerprint density at radius 2 is 1.95 bits per heavy atom. The van der Waals surface area contributed by atoms with E-state index in [9.17, 15) is 8.42 Å². The number of hydrogen-bond donors (Lipinski definition) is 2. The molecule has 0 spiro atoms. The Labute approximate surface area is 127 Å². The molecule has 1 aromatic rings. The molecule has 0 heterocycles. The molecule has 2 rings (SSSR count). The highest BCUT2D eigenvalue weighted by Gasteiger charge is 2.38. The molecule has 6 heteroatoms. The van der Waals surface area contributed by atoms with Crippen molar-refractivity contribution < 1.29 is 13.2 Å². The van der Waals surface area contributed by atoms with Crippen LogP contribution in [0.1, 0.15) is 26.7 Å². The van der Waals surface area contributed by atoms with Crippen molar-refractivity contribution >= 4 is 10.0 Å². The third-order valence-electron chi connectivity index (χ3n) is 3.69. The molecule has 2 atom stereocenters. The monoisotopic (exact) mass is 312 g/mol. The van der Waals surface area contributed by atoms with Gasteiger partial charge in [-0.3, -0.25) is 0 Å². The fourth-order valence-electron chi connectivity index (χ4n) is 2.24. The predicted molar refractivity (Wildman–Crippen MR) is 83.0 cm³/mol. The first-order valence-corrected chi connectivity index (χ1v) is 9.01. The number of rotatable bonds is 9. The van der Waals surface area contributed by atoms with Gasteiger partial charge in [-0.1, -0.05) is 20.3 Å². The van der Waals surface area contributed by atoms with Crippen LogP contribution >= 0.6 is 0 Å². The van der Waals surface area contributed by atoms with Crippen molar-refractivity contribution in [1.82, 2.24) is 10.0 Å². The minimum Gasteiger partial charge on any atom is -0.492 e. The molecule has 0 aromatic heterocycles. The highest BCUT2D eigenvalue weighted by molar-refractivity contribution is 7.89. The van der Waals surface area contributed by atoms with Crippen LogP contribution in [0.4, 0.5) is 0 Å². The summed E-state index contributed by atoms with van der Waals surface area (Å²) in [6.45, 7) is 6.37. The lowest BCUT2D eigenvalue weighted by Crippen LogP contribution is -2.27. The molecule has 5 nitrogen and oxygen atoms in total. The molecule has 2 N–H and O–H groups in total. The summed E-state index contributed by atoms with van der Waals surface area (Å²) in [6, 6.07) is 6.69. The van der Waals surface area contributed by atoms with Crippen LogP contribution in [0.5, 0.6) is 5.75 Å². The van der Waals surface area contributed by atoms with Crippen molar-refractivity contribution in [3.8, 4) is 5.75 Å². The van der Waals surface area contributed by atoms with Crippen LogP contribution in [-0.2, 0) is 10.0 Å². The number of ether oxygens (including phenoxy) is 1. The van der Waals surface area contributed by atoms with E-state index in [1.165, 1.54) is 0 Å². The van der Waals surface area contributed by atoms with Gasteiger partial charge >= 0.3 is 0 Å². The van der Waals surface area contributed by atoms with E-state index in [2.05, 4.69) is 17.0 Å². The quantitative estimate of drug-likeness (QED) is 0.682. The number of likely N-dealkylation sites (N-methyl/N-ethyl adjacent to an activating group) is 1. The Hall–Kier alpha value is -1.11. The SMILES string of the molecule is CCNCCOc1ccc(S(=O)(=O)NC2CC2CC)cc1. The molecular weight excluding hydrogens is 288 g/mol. The molecule has 0 amide bonds. The summed E-state index contributed by atoms with van der Waals surface area (Å²) in [5.41, 5.74) is 0. The second-order valence-corrected chi connectivity index (χ2v) is 7.02. The lowest BCUT2D eigenvalue weighted by molar-refractivity contribution is 0.315. The maximum atomic E-state index is 12.2. The normalized spacial score (nSPS) is 21.2. The van der Waals surface area contributed by atoms with Crippen LogP contribution in [0.2, 0.25) is 0 Å². The summed E-state index contributed by atoms with van der Waals surface area (Å²) >= 11 is 0. The van der Waals surface area contributed by atoms with Gasteiger partial charge in [0, 0.05) is 12.6 Å². The second-order valence-electron chi connectivity index (χ2n) is 5.31. The Bertz CT molecular complexity index is 543. The van der Waals surface area contributed by atoms with Gasteiger partial charge in [0.15, 0.2) is 0 Å². The molecule has 1 aliphatic rings. The van der Waals surface area contributed by atoms with E-state index >= 15 is 0 Å². The van der Waals surface area contributed by atoms with E-state index < -0.39 is 10.0 Å². The highest BCUT2D eigenvalue weighted by atomic mass is 32.2. The minimum absolute atomic E-state index is 0.107. The van der Waals surface area contributed by atoms with Crippen LogP contribution < -0.4 is 14.8 Å². The van der Waals surface area contributed by atoms with Gasteiger partial charge < -0.3 is 10.1 Å². The Balaban J connectivity index is 1.88. The van der Waals surface area contributed by atoms with E-state index in [-0.39, 0.29) is 6.04 Å². The summed E-state index contributed by atoms with van der Waals surface area (Å²) in [5.74, 6) is 1.18. The molecule has 1 aromatic carbocycles. The second kappa shape index (κ2) is 7.24. The molecule has 1 saturated carbocycles. The topological polar surface area (TPSA) is 67.4 Å². The largest absolute Gasteiger partial charge is 0.492 e. The zero-order valence-electron chi connectivity index (χ0n) is 12.6. The fourth-order valence-corrected chi connectivity index (χ4v) is 3.56. The zero-order valence-corrected chi connectivity index (χ0v) is 13.4. The van der Waals surface area contributed by atoms with E-state index in [0.717, 1.165) is 25.9 Å². The summed E-state index contributed by atoms with van der Waals surface area (Å²) < 4.78 is 32.7. The van der Waals surface area contributed by atoms with Gasteiger partial charge in [-0.15, -0.1) is 0 Å². The average molecular weight is 312 g/mol. The van der Waals surface area contributed by atoms with Crippen molar-refractivity contribution in [3.05, 3.63) is 24.3 Å². The number of nitrogens with one attached hydrogen (secondary N) is 2. The van der Waals surface area contributed by atoms with E-state index in [1.54, 1.807) is 24.3 Å². The fraction of sp³-hybridized carbons (Fsp3) is 0.600. The first kappa shape index (κ1) is 16.3. The van der Waals surface area contributed by atoms with Gasteiger partial charge in [0.2, 0.25) is 10.0 Å². The van der Waals surface area contributed by atoms with E-state index in [0.29, 0.717) is 23.2 Å². The Morgan fingerprint density at radius 1 is 1.24 bits per heavy atom. The van der Waals surface area contributed by atoms with Crippen LogP contribution in [0.15, 0.2) is 29.2 Å². The summed E-state index contributed by atoms with van der Waals surface area (Å²) in [6.07, 6.45) is 1.97. The van der Waals surface area contributed by atoms with Gasteiger partial charge in [0.25, 0.3) is 0 Å². The van der Waals surface area contributed by atoms with Gasteiger partial charge in [0.1, 0.15) is 12.4 Å². The first-order valence-electron chi connectivity index (χ1n) is 7.52. The zero-order chi connectivity index (χ0) is 15.3. The van der Waals surface area contributed by atoms with Crippen LogP contribution in [-0.4, -0.2) is 34.2 Å². The van der Waals surface area contributed by atoms with Crippen molar-refractivity contribution in [2.75, 3.05) is 19.7 Å². The summed E-state index contributed by atoms with van der Waals surface area (Å²) in [4.78, 5) is 0.295. The van der Waals surface area contributed by atoms with Crippen molar-refractivity contribution in [1.29, 1.82) is 0 Å². The summed E-state index contributed by atoms with van der Waals surface area (Å²) in [7, 11) is -3.40. The highest BCUT2D eigenvalue weighted by Crippen LogP contribution is 2.34. The van der Waals surface area contributed by atoms with E-state index in [1.807, 2.05) is 6.92 Å². The lowest BCUT2D eigenvalue weighted by Gasteiger charge is -2.09. The Morgan fingerprint density at radius 3 is 2.52 bits per heavy atom. The molecule has 0 bridgehead atoms. The van der Waals surface area contributed by atoms with Gasteiger partial charge in [0.05, 0.1) is 4.90 Å². The van der Waals surface area contributed by atoms with Gasteiger partial charge in [-0.05, 0) is 43.1 Å². The molecule has 0 aliphatic heterocycles. The lowest BCUT2D eigenvalue weighted by atomic mass is 10.3. The molecule has 1 fully saturated rings. The number of hydrogen-bond acceptors (Lipinski definition) is 4. The number of sulfonamides is 1. The maximum Gasteiger partial charge on any atom is 0.240 e. The molecule has 2 unspecified atom stereocenters. The molecule has 118 valence electrons. The molecular formula is C15H24N2O3S. The number of benzene rings is 1. The Kier molecular flexibility index (Phi) is 5.61. The van der Waals surface area contributed by atoms with Crippen molar-refractivity contribution in [2.45, 2.75) is 37.6 Å². The molecule has 0 radical (unpaired) electrons.